The van der Waals surface area contributed by atoms with Crippen molar-refractivity contribution in [2.24, 2.45) is 5.92 Å². The van der Waals surface area contributed by atoms with Gasteiger partial charge in [-0.25, -0.2) is 12.8 Å². The van der Waals surface area contributed by atoms with Crippen LogP contribution in [0.2, 0.25) is 0 Å². The summed E-state index contributed by atoms with van der Waals surface area (Å²) >= 11 is 0. The maximum Gasteiger partial charge on any atom is 0.243 e. The van der Waals surface area contributed by atoms with E-state index < -0.39 is 15.8 Å². The third kappa shape index (κ3) is 3.37. The van der Waals surface area contributed by atoms with Crippen LogP contribution < -0.4 is 4.90 Å². The van der Waals surface area contributed by atoms with Crippen molar-refractivity contribution in [2.45, 2.75) is 24.2 Å². The quantitative estimate of drug-likeness (QED) is 0.812. The number of carbonyl (C=O) groups excluding carboxylic acids is 1. The Morgan fingerprint density at radius 2 is 1.89 bits per heavy atom. The topological polar surface area (TPSA) is 57.7 Å². The fourth-order valence-electron chi connectivity index (χ4n) is 3.93. The van der Waals surface area contributed by atoms with Crippen LogP contribution in [-0.2, 0) is 21.2 Å². The van der Waals surface area contributed by atoms with E-state index in [1.807, 2.05) is 24.3 Å². The number of hydrogen-bond acceptors (Lipinski definition) is 3. The number of piperidine rings is 1. The van der Waals surface area contributed by atoms with E-state index >= 15 is 0 Å². The monoisotopic (exact) mass is 388 g/mol. The van der Waals surface area contributed by atoms with Gasteiger partial charge < -0.3 is 4.90 Å². The summed E-state index contributed by atoms with van der Waals surface area (Å²) in [6, 6.07) is 12.8. The van der Waals surface area contributed by atoms with E-state index in [1.165, 1.54) is 22.5 Å². The summed E-state index contributed by atoms with van der Waals surface area (Å²) in [4.78, 5) is 14.8. The van der Waals surface area contributed by atoms with Crippen molar-refractivity contribution < 1.29 is 17.6 Å². The van der Waals surface area contributed by atoms with Gasteiger partial charge in [0.1, 0.15) is 5.82 Å². The minimum atomic E-state index is -3.81. The fraction of sp³-hybridized carbons (Fsp3) is 0.350. The predicted molar refractivity (Wildman–Crippen MR) is 100 cm³/mol. The molecular weight excluding hydrogens is 367 g/mol. The first kappa shape index (κ1) is 18.1. The van der Waals surface area contributed by atoms with Crippen molar-refractivity contribution in [3.8, 4) is 0 Å². The Hall–Kier alpha value is -2.25. The Bertz CT molecular complexity index is 977. The average Bonchev–Trinajstić information content (AvgIpc) is 3.11. The molecule has 0 spiro atoms. The number of rotatable bonds is 3. The second-order valence-electron chi connectivity index (χ2n) is 7.03. The van der Waals surface area contributed by atoms with Gasteiger partial charge >= 0.3 is 0 Å². The SMILES string of the molecule is O=C(C1CCCN(S(=O)(=O)c2cccc(F)c2)C1)N1CCc2ccccc21. The smallest absolute Gasteiger partial charge is 0.243 e. The second-order valence-corrected chi connectivity index (χ2v) is 8.97. The third-order valence-corrected chi connectivity index (χ3v) is 7.18. The second kappa shape index (κ2) is 7.05. The lowest BCUT2D eigenvalue weighted by Gasteiger charge is -2.33. The Morgan fingerprint density at radius 3 is 2.70 bits per heavy atom. The van der Waals surface area contributed by atoms with Crippen molar-refractivity contribution in [3.05, 3.63) is 59.9 Å². The van der Waals surface area contributed by atoms with E-state index in [2.05, 4.69) is 0 Å². The highest BCUT2D eigenvalue weighted by Gasteiger charge is 2.36. The van der Waals surface area contributed by atoms with Crippen LogP contribution in [0.1, 0.15) is 18.4 Å². The summed E-state index contributed by atoms with van der Waals surface area (Å²) in [7, 11) is -3.81. The Labute approximate surface area is 158 Å². The molecule has 4 rings (SSSR count). The molecule has 0 radical (unpaired) electrons. The first-order valence-electron chi connectivity index (χ1n) is 9.12. The molecule has 1 amide bonds. The number of benzene rings is 2. The van der Waals surface area contributed by atoms with Crippen LogP contribution in [0.15, 0.2) is 53.4 Å². The van der Waals surface area contributed by atoms with E-state index in [4.69, 9.17) is 0 Å². The summed E-state index contributed by atoms with van der Waals surface area (Å²) < 4.78 is 40.5. The van der Waals surface area contributed by atoms with Crippen LogP contribution in [0.5, 0.6) is 0 Å². The molecule has 0 aliphatic carbocycles. The Morgan fingerprint density at radius 1 is 1.07 bits per heavy atom. The highest BCUT2D eigenvalue weighted by molar-refractivity contribution is 7.89. The molecule has 1 saturated heterocycles. The lowest BCUT2D eigenvalue weighted by molar-refractivity contribution is -0.123. The maximum atomic E-state index is 13.5. The standard InChI is InChI=1S/C20H21FN2O3S/c21-17-7-3-8-18(13-17)27(25,26)22-11-4-6-16(14-22)20(24)23-12-10-15-5-1-2-9-19(15)23/h1-3,5,7-9,13,16H,4,6,10-12,14H2. The maximum absolute atomic E-state index is 13.5. The first-order chi connectivity index (χ1) is 13.0. The summed E-state index contributed by atoms with van der Waals surface area (Å²) in [5.74, 6) is -0.998. The van der Waals surface area contributed by atoms with Crippen LogP contribution in [0.25, 0.3) is 0 Å². The number of fused-ring (bicyclic) bond motifs is 1. The average molecular weight is 388 g/mol. The van der Waals surface area contributed by atoms with Crippen molar-refractivity contribution >= 4 is 21.6 Å². The minimum absolute atomic E-state index is 0.0286. The molecule has 2 aromatic rings. The molecule has 2 aromatic carbocycles. The molecule has 0 N–H and O–H groups in total. The lowest BCUT2D eigenvalue weighted by atomic mass is 9.98. The number of para-hydroxylation sites is 1. The summed E-state index contributed by atoms with van der Waals surface area (Å²) in [6.07, 6.45) is 2.09. The van der Waals surface area contributed by atoms with Crippen molar-refractivity contribution in [3.63, 3.8) is 0 Å². The van der Waals surface area contributed by atoms with Gasteiger partial charge in [0.05, 0.1) is 10.8 Å². The molecule has 0 aromatic heterocycles. The molecule has 142 valence electrons. The molecular formula is C20H21FN2O3S. The number of anilines is 1. The first-order valence-corrected chi connectivity index (χ1v) is 10.6. The number of halogens is 1. The van der Waals surface area contributed by atoms with Crippen molar-refractivity contribution in [1.29, 1.82) is 0 Å². The van der Waals surface area contributed by atoms with E-state index in [0.29, 0.717) is 25.9 Å². The lowest BCUT2D eigenvalue weighted by Crippen LogP contribution is -2.46. The zero-order chi connectivity index (χ0) is 19.0. The molecule has 7 heteroatoms. The van der Waals surface area contributed by atoms with Gasteiger partial charge in [0, 0.05) is 25.3 Å². The van der Waals surface area contributed by atoms with Gasteiger partial charge in [0.15, 0.2) is 0 Å². The summed E-state index contributed by atoms with van der Waals surface area (Å²) in [5.41, 5.74) is 2.07. The number of carbonyl (C=O) groups is 1. The summed E-state index contributed by atoms with van der Waals surface area (Å²) in [6.45, 7) is 1.11. The summed E-state index contributed by atoms with van der Waals surface area (Å²) in [5, 5.41) is 0. The largest absolute Gasteiger partial charge is 0.312 e. The Balaban J connectivity index is 1.54. The number of hydrogen-bond donors (Lipinski definition) is 0. The van der Waals surface area contributed by atoms with E-state index in [1.54, 1.807) is 4.90 Å². The molecule has 2 heterocycles. The number of amides is 1. The normalized spacial score (nSPS) is 20.5. The predicted octanol–water partition coefficient (Wildman–Crippen LogP) is 2.82. The van der Waals surface area contributed by atoms with Gasteiger partial charge in [-0.3, -0.25) is 4.79 Å². The molecule has 2 aliphatic rings. The zero-order valence-electron chi connectivity index (χ0n) is 14.8. The van der Waals surface area contributed by atoms with Gasteiger partial charge in [-0.05, 0) is 49.1 Å². The molecule has 27 heavy (non-hydrogen) atoms. The minimum Gasteiger partial charge on any atom is -0.312 e. The van der Waals surface area contributed by atoms with E-state index in [-0.39, 0.29) is 23.3 Å². The van der Waals surface area contributed by atoms with Crippen LogP contribution in [0, 0.1) is 11.7 Å². The van der Waals surface area contributed by atoms with E-state index in [0.717, 1.165) is 23.7 Å². The molecule has 1 unspecified atom stereocenters. The van der Waals surface area contributed by atoms with Gasteiger partial charge in [0.25, 0.3) is 0 Å². The molecule has 0 bridgehead atoms. The molecule has 5 nitrogen and oxygen atoms in total. The van der Waals surface area contributed by atoms with Crippen LogP contribution in [0.4, 0.5) is 10.1 Å². The number of nitrogens with zero attached hydrogens (tertiary/aromatic N) is 2. The fourth-order valence-corrected chi connectivity index (χ4v) is 5.48. The molecule has 0 saturated carbocycles. The highest BCUT2D eigenvalue weighted by Crippen LogP contribution is 2.31. The molecule has 1 atom stereocenters. The van der Waals surface area contributed by atoms with Crippen molar-refractivity contribution in [1.82, 2.24) is 4.31 Å². The van der Waals surface area contributed by atoms with E-state index in [9.17, 15) is 17.6 Å². The highest BCUT2D eigenvalue weighted by atomic mass is 32.2. The van der Waals surface area contributed by atoms with Crippen LogP contribution in [0.3, 0.4) is 0 Å². The van der Waals surface area contributed by atoms with Gasteiger partial charge in [0.2, 0.25) is 15.9 Å². The number of sulfonamides is 1. The van der Waals surface area contributed by atoms with Gasteiger partial charge in [-0.1, -0.05) is 24.3 Å². The Kier molecular flexibility index (Phi) is 4.74. The van der Waals surface area contributed by atoms with Crippen LogP contribution in [-0.4, -0.2) is 38.3 Å². The molecule has 1 fully saturated rings. The molecule has 2 aliphatic heterocycles. The van der Waals surface area contributed by atoms with Gasteiger partial charge in [-0.15, -0.1) is 0 Å². The van der Waals surface area contributed by atoms with Gasteiger partial charge in [-0.2, -0.15) is 4.31 Å². The zero-order valence-corrected chi connectivity index (χ0v) is 15.7. The van der Waals surface area contributed by atoms with Crippen LogP contribution >= 0.6 is 0 Å². The van der Waals surface area contributed by atoms with Crippen molar-refractivity contribution in [2.75, 3.05) is 24.5 Å². The third-order valence-electron chi connectivity index (χ3n) is 5.32.